The number of nitro groups is 1. The van der Waals surface area contributed by atoms with Crippen LogP contribution in [-0.4, -0.2) is 22.5 Å². The molecular weight excluding hydrogens is 236 g/mol. The van der Waals surface area contributed by atoms with Crippen LogP contribution < -0.4 is 0 Å². The molecular formula is C12H14N2O4. The van der Waals surface area contributed by atoms with Crippen molar-refractivity contribution in [2.75, 3.05) is 6.61 Å². The van der Waals surface area contributed by atoms with Gasteiger partial charge in [0.1, 0.15) is 0 Å². The maximum Gasteiger partial charge on any atom is 0.269 e. The second-order valence-electron chi connectivity index (χ2n) is 4.24. The van der Waals surface area contributed by atoms with Gasteiger partial charge in [-0.3, -0.25) is 19.7 Å². The molecule has 1 unspecified atom stereocenters. The van der Waals surface area contributed by atoms with Crippen molar-refractivity contribution in [2.45, 2.75) is 26.3 Å². The van der Waals surface area contributed by atoms with Gasteiger partial charge in [-0.05, 0) is 30.5 Å². The monoisotopic (exact) mass is 250 g/mol. The fourth-order valence-corrected chi connectivity index (χ4v) is 2.19. The lowest BCUT2D eigenvalue weighted by Crippen LogP contribution is -2.30. The molecule has 1 amide bonds. The maximum atomic E-state index is 11.4. The van der Waals surface area contributed by atoms with E-state index in [-0.39, 0.29) is 17.6 Å². The lowest BCUT2D eigenvalue weighted by molar-refractivity contribution is -0.384. The van der Waals surface area contributed by atoms with Crippen LogP contribution in [0.5, 0.6) is 0 Å². The molecule has 18 heavy (non-hydrogen) atoms. The topological polar surface area (TPSA) is 72.7 Å². The molecule has 1 aliphatic heterocycles. The van der Waals surface area contributed by atoms with Gasteiger partial charge in [0, 0.05) is 19.1 Å². The average molecular weight is 250 g/mol. The van der Waals surface area contributed by atoms with Crippen LogP contribution in [0.4, 0.5) is 5.69 Å². The molecule has 0 aliphatic carbocycles. The van der Waals surface area contributed by atoms with Gasteiger partial charge in [0.05, 0.1) is 17.6 Å². The first kappa shape index (κ1) is 12.5. The van der Waals surface area contributed by atoms with E-state index in [1.54, 1.807) is 12.1 Å². The van der Waals surface area contributed by atoms with Crippen molar-refractivity contribution in [2.24, 2.45) is 0 Å². The summed E-state index contributed by atoms with van der Waals surface area (Å²) in [6.45, 7) is 3.63. The largest absolute Gasteiger partial charge is 0.273 e. The highest BCUT2D eigenvalue weighted by Crippen LogP contribution is 2.30. The lowest BCUT2D eigenvalue weighted by Gasteiger charge is -2.25. The molecule has 1 heterocycles. The number of amides is 1. The summed E-state index contributed by atoms with van der Waals surface area (Å²) in [6.07, 6.45) is 0.561. The number of non-ortho nitro benzene ring substituents is 1. The number of hydrogen-bond acceptors (Lipinski definition) is 4. The number of nitro benzene ring substituents is 1. The van der Waals surface area contributed by atoms with Crippen molar-refractivity contribution in [3.05, 3.63) is 39.4 Å². The second kappa shape index (κ2) is 4.73. The Bertz CT molecular complexity index is 501. The summed E-state index contributed by atoms with van der Waals surface area (Å²) in [4.78, 5) is 27.1. The average Bonchev–Trinajstić information content (AvgIpc) is 2.48. The Kier molecular flexibility index (Phi) is 3.29. The summed E-state index contributed by atoms with van der Waals surface area (Å²) in [6, 6.07) is 4.47. The molecule has 1 aliphatic rings. The highest BCUT2D eigenvalue weighted by Gasteiger charge is 2.26. The maximum absolute atomic E-state index is 11.4. The van der Waals surface area contributed by atoms with Gasteiger partial charge in [-0.1, -0.05) is 0 Å². The number of rotatable bonds is 1. The third-order valence-electron chi connectivity index (χ3n) is 3.05. The van der Waals surface area contributed by atoms with E-state index < -0.39 is 4.92 Å². The van der Waals surface area contributed by atoms with Crippen LogP contribution in [0.2, 0.25) is 0 Å². The van der Waals surface area contributed by atoms with Crippen LogP contribution in [-0.2, 0) is 16.1 Å². The van der Waals surface area contributed by atoms with E-state index in [0.717, 1.165) is 11.1 Å². The minimum atomic E-state index is -0.417. The van der Waals surface area contributed by atoms with Crippen molar-refractivity contribution < 1.29 is 14.6 Å². The molecule has 0 radical (unpaired) electrons. The van der Waals surface area contributed by atoms with Gasteiger partial charge in [0.25, 0.3) is 5.69 Å². The zero-order valence-electron chi connectivity index (χ0n) is 10.3. The molecule has 6 nitrogen and oxygen atoms in total. The molecule has 0 fully saturated rings. The van der Waals surface area contributed by atoms with E-state index in [9.17, 15) is 14.9 Å². The summed E-state index contributed by atoms with van der Waals surface area (Å²) in [5.74, 6) is -0.172. The SMILES string of the molecule is CC(=O)N1OCCc2cc([N+](=O)[O-])ccc2C1C. The molecule has 0 spiro atoms. The van der Waals surface area contributed by atoms with E-state index in [2.05, 4.69) is 0 Å². The normalized spacial score (nSPS) is 19.0. The van der Waals surface area contributed by atoms with E-state index in [1.807, 2.05) is 6.92 Å². The summed E-state index contributed by atoms with van der Waals surface area (Å²) in [7, 11) is 0. The Morgan fingerprint density at radius 2 is 2.28 bits per heavy atom. The first-order chi connectivity index (χ1) is 8.50. The molecule has 96 valence electrons. The van der Waals surface area contributed by atoms with E-state index in [1.165, 1.54) is 18.1 Å². The summed E-state index contributed by atoms with van der Waals surface area (Å²) < 4.78 is 0. The molecule has 0 saturated carbocycles. The van der Waals surface area contributed by atoms with Gasteiger partial charge >= 0.3 is 0 Å². The fourth-order valence-electron chi connectivity index (χ4n) is 2.19. The molecule has 0 bridgehead atoms. The zero-order valence-corrected chi connectivity index (χ0v) is 10.3. The molecule has 6 heteroatoms. The van der Waals surface area contributed by atoms with Crippen molar-refractivity contribution in [3.63, 3.8) is 0 Å². The van der Waals surface area contributed by atoms with Crippen molar-refractivity contribution in [1.82, 2.24) is 5.06 Å². The number of fused-ring (bicyclic) bond motifs is 1. The third kappa shape index (κ3) is 2.19. The Hall–Kier alpha value is -1.95. The number of hydrogen-bond donors (Lipinski definition) is 0. The first-order valence-corrected chi connectivity index (χ1v) is 5.70. The number of nitrogens with zero attached hydrogens (tertiary/aromatic N) is 2. The minimum absolute atomic E-state index is 0.0669. The smallest absolute Gasteiger partial charge is 0.269 e. The summed E-state index contributed by atoms with van der Waals surface area (Å²) in [5.41, 5.74) is 1.82. The predicted octanol–water partition coefficient (Wildman–Crippen LogP) is 1.99. The van der Waals surface area contributed by atoms with Crippen LogP contribution in [0.25, 0.3) is 0 Å². The molecule has 2 rings (SSSR count). The van der Waals surface area contributed by atoms with Crippen LogP contribution in [0.3, 0.4) is 0 Å². The molecule has 1 atom stereocenters. The van der Waals surface area contributed by atoms with Crippen LogP contribution >= 0.6 is 0 Å². The Morgan fingerprint density at radius 3 is 2.89 bits per heavy atom. The van der Waals surface area contributed by atoms with E-state index in [4.69, 9.17) is 4.84 Å². The predicted molar refractivity (Wildman–Crippen MR) is 63.7 cm³/mol. The zero-order chi connectivity index (χ0) is 13.3. The van der Waals surface area contributed by atoms with Gasteiger partial charge in [-0.2, -0.15) is 0 Å². The highest BCUT2D eigenvalue weighted by molar-refractivity contribution is 5.72. The van der Waals surface area contributed by atoms with E-state index >= 15 is 0 Å². The van der Waals surface area contributed by atoms with Gasteiger partial charge in [-0.15, -0.1) is 0 Å². The van der Waals surface area contributed by atoms with Crippen molar-refractivity contribution in [1.29, 1.82) is 0 Å². The molecule has 0 aromatic heterocycles. The summed E-state index contributed by atoms with van der Waals surface area (Å²) in [5, 5.41) is 12.1. The van der Waals surface area contributed by atoms with Gasteiger partial charge in [0.15, 0.2) is 0 Å². The molecule has 0 N–H and O–H groups in total. The molecule has 0 saturated heterocycles. The minimum Gasteiger partial charge on any atom is -0.273 e. The Balaban J connectivity index is 2.42. The first-order valence-electron chi connectivity index (χ1n) is 5.70. The quantitative estimate of drug-likeness (QED) is 0.564. The number of benzene rings is 1. The van der Waals surface area contributed by atoms with Gasteiger partial charge in [0.2, 0.25) is 5.91 Å². The number of hydroxylamine groups is 2. The van der Waals surface area contributed by atoms with Crippen LogP contribution in [0.15, 0.2) is 18.2 Å². The van der Waals surface area contributed by atoms with Crippen LogP contribution in [0.1, 0.15) is 31.0 Å². The summed E-state index contributed by atoms with van der Waals surface area (Å²) >= 11 is 0. The Labute approximate surface area is 104 Å². The highest BCUT2D eigenvalue weighted by atomic mass is 16.7. The number of carbonyl (C=O) groups is 1. The van der Waals surface area contributed by atoms with Crippen LogP contribution in [0, 0.1) is 10.1 Å². The fraction of sp³-hybridized carbons (Fsp3) is 0.417. The number of carbonyl (C=O) groups excluding carboxylic acids is 1. The van der Waals surface area contributed by atoms with Gasteiger partial charge < -0.3 is 0 Å². The van der Waals surface area contributed by atoms with Crippen molar-refractivity contribution >= 4 is 11.6 Å². The van der Waals surface area contributed by atoms with E-state index in [0.29, 0.717) is 13.0 Å². The third-order valence-corrected chi connectivity index (χ3v) is 3.05. The standard InChI is InChI=1S/C12H14N2O4/c1-8-12-4-3-11(14(16)17)7-10(12)5-6-18-13(8)9(2)15/h3-4,7-8H,5-6H2,1-2H3. The van der Waals surface area contributed by atoms with Gasteiger partial charge in [-0.25, -0.2) is 5.06 Å². The van der Waals surface area contributed by atoms with Crippen molar-refractivity contribution in [3.8, 4) is 0 Å². The lowest BCUT2D eigenvalue weighted by atomic mass is 9.99. The second-order valence-corrected chi connectivity index (χ2v) is 4.24. The molecule has 1 aromatic rings. The Morgan fingerprint density at radius 1 is 1.56 bits per heavy atom. The molecule has 1 aromatic carbocycles.